The molecule has 2 amide bonds. The fraction of sp³-hybridized carbons (Fsp3) is 0.0500. The van der Waals surface area contributed by atoms with Gasteiger partial charge in [0, 0.05) is 44.1 Å². The van der Waals surface area contributed by atoms with Crippen LogP contribution >= 0.6 is 22.7 Å². The van der Waals surface area contributed by atoms with Gasteiger partial charge in [-0.25, -0.2) is 26.2 Å². The first kappa shape index (κ1) is 39.0. The van der Waals surface area contributed by atoms with Crippen LogP contribution in [0.25, 0.3) is 20.4 Å². The molecule has 0 fully saturated rings. The summed E-state index contributed by atoms with van der Waals surface area (Å²) in [6, 6.07) is 27.1. The third kappa shape index (κ3) is 9.08. The van der Waals surface area contributed by atoms with Gasteiger partial charge < -0.3 is 10.6 Å². The topological polar surface area (TPSA) is 178 Å². The van der Waals surface area contributed by atoms with E-state index in [1.807, 2.05) is 6.07 Å². The van der Waals surface area contributed by atoms with Gasteiger partial charge in [-0.05, 0) is 77.2 Å². The van der Waals surface area contributed by atoms with Gasteiger partial charge in [-0.3, -0.25) is 24.5 Å². The Labute approximate surface area is 334 Å². The first-order chi connectivity index (χ1) is 27.5. The molecule has 8 rings (SSSR count). The molecule has 0 spiro atoms. The third-order valence-electron chi connectivity index (χ3n) is 8.35. The zero-order chi connectivity index (χ0) is 40.0. The number of aromatic nitrogens is 4. The lowest BCUT2D eigenvalue weighted by Gasteiger charge is -2.07. The molecule has 5 aromatic heterocycles. The molecule has 0 unspecified atom stereocenters. The molecule has 12 nitrogen and oxygen atoms in total. The number of rotatable bonds is 10. The van der Waals surface area contributed by atoms with Crippen molar-refractivity contribution in [2.75, 3.05) is 0 Å². The smallest absolute Gasteiger partial charge is 0.261 e. The normalized spacial score (nSPS) is 11.5. The Kier molecular flexibility index (Phi) is 11.5. The highest BCUT2D eigenvalue weighted by Crippen LogP contribution is 2.26. The second-order valence-corrected chi connectivity index (χ2v) is 18.2. The minimum atomic E-state index is -3.86. The number of halogens is 1. The van der Waals surface area contributed by atoms with Gasteiger partial charge >= 0.3 is 0 Å². The highest BCUT2D eigenvalue weighted by atomic mass is 32.2. The second kappa shape index (κ2) is 16.8. The van der Waals surface area contributed by atoms with Crippen LogP contribution in [0.3, 0.4) is 0 Å². The fourth-order valence-electron chi connectivity index (χ4n) is 5.40. The van der Waals surface area contributed by atoms with Crippen LogP contribution in [0.1, 0.15) is 30.5 Å². The number of nitrogens with zero attached hydrogens (tertiary/aromatic N) is 4. The van der Waals surface area contributed by atoms with Crippen molar-refractivity contribution < 1.29 is 30.8 Å². The lowest BCUT2D eigenvalue weighted by Crippen LogP contribution is -2.21. The molecule has 2 N–H and O–H groups in total. The Morgan fingerprint density at radius 2 is 1.16 bits per heavy atom. The lowest BCUT2D eigenvalue weighted by molar-refractivity contribution is 0.0947. The standard InChI is InChI=1S/C20H14FN3O3S2.C20H15N3O3S2/c21-15-8-17(11-23-10-15)29(26,27)16-3-1-13(2-4-16)9-24-20(25)18-7-14-5-6-22-12-19(14)28-18;24-19(18-12-17-20(27-18)22-11-10-21-17)23-13-14-6-8-16(9-7-14)28(25,26)15-4-2-1-3-5-15/h1-8,10-12H,9H2,(H,24,25);1-12H,13H2,(H,23,24). The number of benzene rings is 3. The molecule has 0 aliphatic heterocycles. The predicted octanol–water partition coefficient (Wildman–Crippen LogP) is 7.05. The number of fused-ring (bicyclic) bond motifs is 2. The van der Waals surface area contributed by atoms with E-state index in [9.17, 15) is 30.8 Å². The zero-order valence-corrected chi connectivity index (χ0v) is 32.7. The summed E-state index contributed by atoms with van der Waals surface area (Å²) in [5, 5.41) is 6.60. The van der Waals surface area contributed by atoms with Gasteiger partial charge in [0.25, 0.3) is 11.8 Å². The van der Waals surface area contributed by atoms with Crippen molar-refractivity contribution in [1.29, 1.82) is 0 Å². The van der Waals surface area contributed by atoms with E-state index in [0.717, 1.165) is 39.7 Å². The van der Waals surface area contributed by atoms with E-state index < -0.39 is 25.5 Å². The zero-order valence-electron chi connectivity index (χ0n) is 29.4. The van der Waals surface area contributed by atoms with Crippen LogP contribution in [0.5, 0.6) is 0 Å². The number of nitrogens with one attached hydrogen (secondary N) is 2. The maximum atomic E-state index is 13.3. The summed E-state index contributed by atoms with van der Waals surface area (Å²) in [5.74, 6) is -1.15. The summed E-state index contributed by atoms with van der Waals surface area (Å²) in [5.41, 5.74) is 2.23. The van der Waals surface area contributed by atoms with Gasteiger partial charge in [0.2, 0.25) is 19.7 Å². The monoisotopic (exact) mass is 836 g/mol. The molecule has 0 aliphatic rings. The number of pyridine rings is 2. The van der Waals surface area contributed by atoms with Crippen molar-refractivity contribution in [2.45, 2.75) is 32.7 Å². The molecule has 286 valence electrons. The van der Waals surface area contributed by atoms with Crippen LogP contribution in [0.4, 0.5) is 4.39 Å². The summed E-state index contributed by atoms with van der Waals surface area (Å²) in [4.78, 5) is 42.8. The van der Waals surface area contributed by atoms with Crippen LogP contribution in [0.2, 0.25) is 0 Å². The molecule has 0 bridgehead atoms. The maximum absolute atomic E-state index is 13.3. The molecule has 0 saturated carbocycles. The molecule has 8 aromatic rings. The molecule has 5 heterocycles. The quantitative estimate of drug-likeness (QED) is 0.145. The van der Waals surface area contributed by atoms with Crippen molar-refractivity contribution >= 4 is 74.6 Å². The van der Waals surface area contributed by atoms with E-state index in [1.165, 1.54) is 34.8 Å². The number of hydrogen-bond donors (Lipinski definition) is 2. The van der Waals surface area contributed by atoms with E-state index in [2.05, 4.69) is 30.6 Å². The Morgan fingerprint density at radius 3 is 1.75 bits per heavy atom. The number of hydrogen-bond acceptors (Lipinski definition) is 12. The van der Waals surface area contributed by atoms with Crippen LogP contribution < -0.4 is 10.6 Å². The van der Waals surface area contributed by atoms with E-state index >= 15 is 0 Å². The summed E-state index contributed by atoms with van der Waals surface area (Å²) in [6.07, 6.45) is 8.61. The Balaban J connectivity index is 0.000000174. The Hall–Kier alpha value is -6.27. The Bertz CT molecular complexity index is 2880. The van der Waals surface area contributed by atoms with Crippen LogP contribution in [-0.4, -0.2) is 48.6 Å². The second-order valence-electron chi connectivity index (χ2n) is 12.2. The largest absolute Gasteiger partial charge is 0.347 e. The summed E-state index contributed by atoms with van der Waals surface area (Å²) in [7, 11) is -7.41. The minimum absolute atomic E-state index is 0.0250. The highest BCUT2D eigenvalue weighted by Gasteiger charge is 2.20. The van der Waals surface area contributed by atoms with Crippen LogP contribution in [-0.2, 0) is 32.8 Å². The van der Waals surface area contributed by atoms with Crippen molar-refractivity contribution in [3.63, 3.8) is 0 Å². The summed E-state index contributed by atoms with van der Waals surface area (Å²) < 4.78 is 64.5. The fourth-order valence-corrected chi connectivity index (χ4v) is 9.74. The molecule has 0 aliphatic carbocycles. The van der Waals surface area contributed by atoms with Gasteiger partial charge in [-0.1, -0.05) is 42.5 Å². The van der Waals surface area contributed by atoms with Gasteiger partial charge in [0.15, 0.2) is 0 Å². The molecule has 0 atom stereocenters. The van der Waals surface area contributed by atoms with E-state index in [0.29, 0.717) is 26.6 Å². The molecular weight excluding hydrogens is 808 g/mol. The summed E-state index contributed by atoms with van der Waals surface area (Å²) >= 11 is 2.63. The number of carbonyl (C=O) groups excluding carboxylic acids is 2. The van der Waals surface area contributed by atoms with E-state index in [-0.39, 0.29) is 37.9 Å². The Morgan fingerprint density at radius 1 is 0.579 bits per heavy atom. The van der Waals surface area contributed by atoms with E-state index in [1.54, 1.807) is 104 Å². The van der Waals surface area contributed by atoms with Crippen molar-refractivity contribution in [1.82, 2.24) is 30.6 Å². The third-order valence-corrected chi connectivity index (χ3v) is 14.0. The van der Waals surface area contributed by atoms with Gasteiger partial charge in [0.1, 0.15) is 16.2 Å². The SMILES string of the molecule is O=C(NCc1ccc(S(=O)(=O)c2ccccc2)cc1)c1cc2nccnc2s1.O=C(NCc1ccc(S(=O)(=O)c2cncc(F)c2)cc1)c1cc2ccncc2s1. The highest BCUT2D eigenvalue weighted by molar-refractivity contribution is 7.91. The van der Waals surface area contributed by atoms with E-state index in [4.69, 9.17) is 0 Å². The molecular formula is C40H29FN6O6S4. The van der Waals surface area contributed by atoms with Gasteiger partial charge in [-0.2, -0.15) is 0 Å². The van der Waals surface area contributed by atoms with Gasteiger partial charge in [0.05, 0.1) is 40.2 Å². The number of thiophene rings is 2. The number of amides is 2. The van der Waals surface area contributed by atoms with Crippen molar-refractivity contribution in [2.24, 2.45) is 0 Å². The summed E-state index contributed by atoms with van der Waals surface area (Å²) in [6.45, 7) is 0.535. The lowest BCUT2D eigenvalue weighted by atomic mass is 10.2. The molecule has 3 aromatic carbocycles. The molecule has 0 saturated heterocycles. The van der Waals surface area contributed by atoms with Crippen molar-refractivity contribution in [3.8, 4) is 0 Å². The maximum Gasteiger partial charge on any atom is 0.261 e. The van der Waals surface area contributed by atoms with Crippen LogP contribution in [0.15, 0.2) is 160 Å². The molecule has 17 heteroatoms. The van der Waals surface area contributed by atoms with Crippen LogP contribution in [0, 0.1) is 5.82 Å². The first-order valence-corrected chi connectivity index (χ1v) is 21.5. The number of carbonyl (C=O) groups is 2. The predicted molar refractivity (Wildman–Crippen MR) is 214 cm³/mol. The average molecular weight is 837 g/mol. The average Bonchev–Trinajstić information content (AvgIpc) is 3.88. The molecule has 57 heavy (non-hydrogen) atoms. The molecule has 0 radical (unpaired) electrons. The van der Waals surface area contributed by atoms with Gasteiger partial charge in [-0.15, -0.1) is 22.7 Å². The number of sulfone groups is 2. The van der Waals surface area contributed by atoms with Crippen molar-refractivity contribution in [3.05, 3.63) is 167 Å². The minimum Gasteiger partial charge on any atom is -0.347 e. The first-order valence-electron chi connectivity index (χ1n) is 16.9.